The molecular formula is C25H24ClN5O2. The number of halogens is 1. The average Bonchev–Trinajstić information content (AvgIpc) is 3.35. The summed E-state index contributed by atoms with van der Waals surface area (Å²) in [4.78, 5) is 27.3. The van der Waals surface area contributed by atoms with E-state index in [1.165, 1.54) is 0 Å². The van der Waals surface area contributed by atoms with Gasteiger partial charge in [0, 0.05) is 60.9 Å². The maximum Gasteiger partial charge on any atom is 0.222 e. The van der Waals surface area contributed by atoms with Crippen LogP contribution in [0.15, 0.2) is 55.4 Å². The van der Waals surface area contributed by atoms with Crippen LogP contribution in [0.1, 0.15) is 36.1 Å². The normalized spacial score (nSPS) is 14.1. The Morgan fingerprint density at radius 3 is 2.91 bits per heavy atom. The molecule has 0 radical (unpaired) electrons. The Balaban J connectivity index is 1.46. The van der Waals surface area contributed by atoms with Crippen molar-refractivity contribution >= 4 is 28.4 Å². The average molecular weight is 462 g/mol. The highest BCUT2D eigenvalue weighted by atomic mass is 35.5. The molecule has 168 valence electrons. The molecule has 0 spiro atoms. The van der Waals surface area contributed by atoms with E-state index < -0.39 is 0 Å². The number of piperidine rings is 1. The third-order valence-corrected chi connectivity index (χ3v) is 6.27. The molecule has 0 saturated carbocycles. The van der Waals surface area contributed by atoms with Crippen LogP contribution in [0, 0.1) is 6.92 Å². The predicted octanol–water partition coefficient (Wildman–Crippen LogP) is 4.87. The van der Waals surface area contributed by atoms with Crippen molar-refractivity contribution in [1.82, 2.24) is 24.4 Å². The van der Waals surface area contributed by atoms with Gasteiger partial charge in [-0.2, -0.15) is 0 Å². The smallest absolute Gasteiger partial charge is 0.222 e. The molecule has 33 heavy (non-hydrogen) atoms. The SMILES string of the molecule is Cc1cc(-n2ccnc2)c2cccc(OCc3c(Cl)cncc3CN3CCCCC3=O)c2n1. The highest BCUT2D eigenvalue weighted by molar-refractivity contribution is 6.31. The number of likely N-dealkylation sites (tertiary alicyclic amines) is 1. The van der Waals surface area contributed by atoms with E-state index >= 15 is 0 Å². The molecule has 4 heterocycles. The minimum absolute atomic E-state index is 0.175. The molecule has 1 aliphatic rings. The number of aryl methyl sites for hydroxylation is 1. The summed E-state index contributed by atoms with van der Waals surface area (Å²) in [6.07, 6.45) is 11.4. The fourth-order valence-corrected chi connectivity index (χ4v) is 4.48. The molecule has 0 bridgehead atoms. The molecule has 4 aromatic rings. The van der Waals surface area contributed by atoms with Crippen molar-refractivity contribution in [2.45, 2.75) is 39.3 Å². The predicted molar refractivity (Wildman–Crippen MR) is 126 cm³/mol. The topological polar surface area (TPSA) is 73.1 Å². The van der Waals surface area contributed by atoms with E-state index in [0.717, 1.165) is 52.8 Å². The molecule has 1 saturated heterocycles. The summed E-state index contributed by atoms with van der Waals surface area (Å²) in [5.41, 5.74) is 4.39. The van der Waals surface area contributed by atoms with Gasteiger partial charge in [0.15, 0.2) is 0 Å². The van der Waals surface area contributed by atoms with Gasteiger partial charge in [-0.25, -0.2) is 9.97 Å². The number of carbonyl (C=O) groups is 1. The summed E-state index contributed by atoms with van der Waals surface area (Å²) >= 11 is 6.51. The molecule has 3 aromatic heterocycles. The summed E-state index contributed by atoms with van der Waals surface area (Å²) < 4.78 is 8.23. The van der Waals surface area contributed by atoms with Gasteiger partial charge in [-0.15, -0.1) is 0 Å². The van der Waals surface area contributed by atoms with Crippen molar-refractivity contribution in [2.75, 3.05) is 6.54 Å². The third kappa shape index (κ3) is 4.41. The molecule has 5 rings (SSSR count). The number of benzene rings is 1. The van der Waals surface area contributed by atoms with Gasteiger partial charge in [0.1, 0.15) is 17.9 Å². The van der Waals surface area contributed by atoms with E-state index in [1.54, 1.807) is 24.9 Å². The minimum atomic E-state index is 0.175. The second-order valence-corrected chi connectivity index (χ2v) is 8.63. The number of nitrogens with zero attached hydrogens (tertiary/aromatic N) is 5. The van der Waals surface area contributed by atoms with Crippen LogP contribution in [0.2, 0.25) is 5.02 Å². The first-order chi connectivity index (χ1) is 16.1. The molecule has 0 unspecified atom stereocenters. The first-order valence-corrected chi connectivity index (χ1v) is 11.4. The van der Waals surface area contributed by atoms with Crippen molar-refractivity contribution in [2.24, 2.45) is 0 Å². The van der Waals surface area contributed by atoms with Gasteiger partial charge < -0.3 is 14.2 Å². The maximum absolute atomic E-state index is 12.3. The number of imidazole rings is 1. The fraction of sp³-hybridized carbons (Fsp3) is 0.280. The van der Waals surface area contributed by atoms with Crippen LogP contribution >= 0.6 is 11.6 Å². The zero-order valence-electron chi connectivity index (χ0n) is 18.4. The number of hydrogen-bond acceptors (Lipinski definition) is 5. The van der Waals surface area contributed by atoms with E-state index in [9.17, 15) is 4.79 Å². The third-order valence-electron chi connectivity index (χ3n) is 5.94. The van der Waals surface area contributed by atoms with Crippen LogP contribution in [0.5, 0.6) is 5.75 Å². The van der Waals surface area contributed by atoms with E-state index in [4.69, 9.17) is 21.3 Å². The van der Waals surface area contributed by atoms with Crippen LogP contribution in [0.3, 0.4) is 0 Å². The highest BCUT2D eigenvalue weighted by Crippen LogP contribution is 2.31. The van der Waals surface area contributed by atoms with Crippen LogP contribution < -0.4 is 4.74 Å². The van der Waals surface area contributed by atoms with Gasteiger partial charge >= 0.3 is 0 Å². The Labute approximate surface area is 197 Å². The Morgan fingerprint density at radius 2 is 2.09 bits per heavy atom. The summed E-state index contributed by atoms with van der Waals surface area (Å²) in [5.74, 6) is 0.847. The molecule has 0 N–H and O–H groups in total. The van der Waals surface area contributed by atoms with Crippen molar-refractivity contribution in [3.63, 3.8) is 0 Å². The lowest BCUT2D eigenvalue weighted by atomic mass is 10.1. The Morgan fingerprint density at radius 1 is 1.18 bits per heavy atom. The number of pyridine rings is 2. The molecule has 0 atom stereocenters. The number of carbonyl (C=O) groups excluding carboxylic acids is 1. The largest absolute Gasteiger partial charge is 0.487 e. The second kappa shape index (κ2) is 9.19. The van der Waals surface area contributed by atoms with Gasteiger partial charge in [0.05, 0.1) is 17.0 Å². The van der Waals surface area contributed by atoms with Gasteiger partial charge in [-0.3, -0.25) is 9.78 Å². The van der Waals surface area contributed by atoms with Gasteiger partial charge in [0.25, 0.3) is 0 Å². The lowest BCUT2D eigenvalue weighted by molar-refractivity contribution is -0.133. The zero-order chi connectivity index (χ0) is 22.8. The molecule has 1 aromatic carbocycles. The summed E-state index contributed by atoms with van der Waals surface area (Å²) in [6, 6.07) is 7.92. The number of fused-ring (bicyclic) bond motifs is 1. The van der Waals surface area contributed by atoms with Crippen LogP contribution in [0.4, 0.5) is 0 Å². The van der Waals surface area contributed by atoms with Gasteiger partial charge in [0.2, 0.25) is 5.91 Å². The van der Waals surface area contributed by atoms with Crippen LogP contribution in [0.25, 0.3) is 16.6 Å². The maximum atomic E-state index is 12.3. The quantitative estimate of drug-likeness (QED) is 0.409. The molecule has 7 nitrogen and oxygen atoms in total. The molecular weight excluding hydrogens is 438 g/mol. The zero-order valence-corrected chi connectivity index (χ0v) is 19.1. The number of aromatic nitrogens is 4. The minimum Gasteiger partial charge on any atom is -0.487 e. The van der Waals surface area contributed by atoms with Crippen LogP contribution in [-0.2, 0) is 17.9 Å². The first kappa shape index (κ1) is 21.4. The Hall–Kier alpha value is -3.45. The number of rotatable bonds is 6. The lowest BCUT2D eigenvalue weighted by Crippen LogP contribution is -2.35. The van der Waals surface area contributed by atoms with Crippen molar-refractivity contribution < 1.29 is 9.53 Å². The number of para-hydroxylation sites is 1. The fourth-order valence-electron chi connectivity index (χ4n) is 4.24. The monoisotopic (exact) mass is 461 g/mol. The second-order valence-electron chi connectivity index (χ2n) is 8.23. The van der Waals surface area contributed by atoms with Gasteiger partial charge in [-0.1, -0.05) is 23.7 Å². The van der Waals surface area contributed by atoms with E-state index in [2.05, 4.69) is 9.97 Å². The van der Waals surface area contributed by atoms with Crippen molar-refractivity contribution in [3.05, 3.63) is 77.2 Å². The van der Waals surface area contributed by atoms with Crippen LogP contribution in [-0.4, -0.2) is 36.9 Å². The number of amides is 1. The summed E-state index contributed by atoms with van der Waals surface area (Å²) in [6.45, 7) is 3.47. The van der Waals surface area contributed by atoms with E-state index in [1.807, 2.05) is 46.9 Å². The van der Waals surface area contributed by atoms with Crippen molar-refractivity contribution in [1.29, 1.82) is 0 Å². The van der Waals surface area contributed by atoms with Gasteiger partial charge in [-0.05, 0) is 37.5 Å². The first-order valence-electron chi connectivity index (χ1n) is 11.0. The number of ether oxygens (including phenoxy) is 1. The lowest BCUT2D eigenvalue weighted by Gasteiger charge is -2.27. The molecule has 1 fully saturated rings. The molecule has 0 aliphatic carbocycles. The van der Waals surface area contributed by atoms with E-state index in [0.29, 0.717) is 23.7 Å². The molecule has 8 heteroatoms. The molecule has 1 amide bonds. The number of hydrogen-bond donors (Lipinski definition) is 0. The summed E-state index contributed by atoms with van der Waals surface area (Å²) in [7, 11) is 0. The Bertz CT molecular complexity index is 1310. The molecule has 1 aliphatic heterocycles. The van der Waals surface area contributed by atoms with E-state index in [-0.39, 0.29) is 12.5 Å². The standard InChI is InChI=1S/C25H24ClN5O2/c1-17-11-22(31-10-8-27-16-31)19-5-4-6-23(25(19)29-17)33-15-20-18(12-28-13-21(20)26)14-30-9-3-2-7-24(30)32/h4-6,8,10-13,16H,2-3,7,9,14-15H2,1H3. The van der Waals surface area contributed by atoms with Crippen molar-refractivity contribution in [3.8, 4) is 11.4 Å². The summed E-state index contributed by atoms with van der Waals surface area (Å²) in [5, 5.41) is 1.50. The highest BCUT2D eigenvalue weighted by Gasteiger charge is 2.20. The Kier molecular flexibility index (Phi) is 5.96.